The minimum atomic E-state index is -4.44. The second-order valence-corrected chi connectivity index (χ2v) is 8.37. The van der Waals surface area contributed by atoms with Gasteiger partial charge in [0.05, 0.1) is 23.0 Å². The molecule has 0 amide bonds. The highest BCUT2D eigenvalue weighted by molar-refractivity contribution is 5.58. The van der Waals surface area contributed by atoms with E-state index in [2.05, 4.69) is 34.9 Å². The minimum Gasteiger partial charge on any atom is -0.350 e. The van der Waals surface area contributed by atoms with Crippen LogP contribution in [0, 0.1) is 0 Å². The van der Waals surface area contributed by atoms with Gasteiger partial charge in [0, 0.05) is 49.8 Å². The molecule has 3 aromatic rings. The van der Waals surface area contributed by atoms with Gasteiger partial charge in [-0.05, 0) is 38.8 Å². The average Bonchev–Trinajstić information content (AvgIpc) is 3.24. The molecule has 0 unspecified atom stereocenters. The molecular weight excluding hydrogens is 421 g/mol. The molecule has 0 radical (unpaired) electrons. The normalized spacial score (nSPS) is 20.6. The van der Waals surface area contributed by atoms with Crippen LogP contribution in [0.15, 0.2) is 31.0 Å². The molecule has 2 fully saturated rings. The Hall–Kier alpha value is -2.95. The maximum atomic E-state index is 12.7. The van der Waals surface area contributed by atoms with Gasteiger partial charge in [0.25, 0.3) is 0 Å². The van der Waals surface area contributed by atoms with Crippen molar-refractivity contribution >= 4 is 17.4 Å². The summed E-state index contributed by atoms with van der Waals surface area (Å²) in [6.07, 6.45) is 6.81. The molecule has 0 saturated carbocycles. The van der Waals surface area contributed by atoms with Crippen LogP contribution in [-0.2, 0) is 6.18 Å². The number of aromatic nitrogens is 5. The van der Waals surface area contributed by atoms with Gasteiger partial charge in [-0.3, -0.25) is 9.38 Å². The Kier molecular flexibility index (Phi) is 5.58. The zero-order chi connectivity index (χ0) is 22.1. The highest BCUT2D eigenvalue weighted by Crippen LogP contribution is 2.30. The molecule has 2 saturated heterocycles. The lowest BCUT2D eigenvalue weighted by Crippen LogP contribution is -2.43. The monoisotopic (exact) mass is 446 g/mol. The molecule has 0 aliphatic carbocycles. The summed E-state index contributed by atoms with van der Waals surface area (Å²) in [5.74, 6) is 1.49. The number of nitrogens with zero attached hydrogens (tertiary/aromatic N) is 6. The van der Waals surface area contributed by atoms with Crippen LogP contribution in [0.4, 0.5) is 25.1 Å². The summed E-state index contributed by atoms with van der Waals surface area (Å²) in [6, 6.07) is 0.0126. The van der Waals surface area contributed by atoms with Gasteiger partial charge in [0.1, 0.15) is 0 Å². The lowest BCUT2D eigenvalue weighted by atomic mass is 9.94. The molecule has 170 valence electrons. The first kappa shape index (κ1) is 20.9. The molecule has 2 aliphatic rings. The first-order chi connectivity index (χ1) is 15.5. The predicted octanol–water partition coefficient (Wildman–Crippen LogP) is 3.09. The van der Waals surface area contributed by atoms with E-state index in [1.54, 1.807) is 0 Å². The molecular formula is C21H25F3N8. The van der Waals surface area contributed by atoms with Gasteiger partial charge in [-0.15, -0.1) is 0 Å². The van der Waals surface area contributed by atoms with E-state index in [9.17, 15) is 13.2 Å². The SMILES string of the molecule is FC(F)(F)c1cnc(N[C@@H]2CCCN(c3ncc4c(C5CCNCC5)nccn34)C2)nc1. The highest BCUT2D eigenvalue weighted by atomic mass is 19.4. The van der Waals surface area contributed by atoms with Crippen molar-refractivity contribution < 1.29 is 13.2 Å². The van der Waals surface area contributed by atoms with Crippen LogP contribution in [-0.4, -0.2) is 56.6 Å². The van der Waals surface area contributed by atoms with E-state index in [1.165, 1.54) is 0 Å². The third-order valence-electron chi connectivity index (χ3n) is 6.21. The van der Waals surface area contributed by atoms with E-state index in [0.717, 1.165) is 74.9 Å². The molecule has 0 bridgehead atoms. The molecule has 11 heteroatoms. The van der Waals surface area contributed by atoms with E-state index < -0.39 is 11.7 Å². The summed E-state index contributed by atoms with van der Waals surface area (Å²) >= 11 is 0. The Bertz CT molecular complexity index is 1060. The van der Waals surface area contributed by atoms with Crippen molar-refractivity contribution in [2.45, 2.75) is 43.8 Å². The third kappa shape index (κ3) is 4.21. The van der Waals surface area contributed by atoms with Crippen molar-refractivity contribution in [1.82, 2.24) is 29.7 Å². The number of imidazole rings is 1. The van der Waals surface area contributed by atoms with E-state index in [-0.39, 0.29) is 12.0 Å². The van der Waals surface area contributed by atoms with Crippen LogP contribution in [0.25, 0.3) is 5.52 Å². The Labute approximate surface area is 183 Å². The van der Waals surface area contributed by atoms with Crippen LogP contribution in [0.3, 0.4) is 0 Å². The Morgan fingerprint density at radius 1 is 1.00 bits per heavy atom. The maximum Gasteiger partial charge on any atom is 0.419 e. The predicted molar refractivity (Wildman–Crippen MR) is 114 cm³/mol. The minimum absolute atomic E-state index is 0.0126. The van der Waals surface area contributed by atoms with E-state index in [0.29, 0.717) is 12.5 Å². The van der Waals surface area contributed by atoms with E-state index in [4.69, 9.17) is 4.98 Å². The molecule has 2 N–H and O–H groups in total. The fraction of sp³-hybridized carbons (Fsp3) is 0.524. The van der Waals surface area contributed by atoms with Crippen LogP contribution in [0.1, 0.15) is 42.9 Å². The molecule has 5 rings (SSSR count). The zero-order valence-electron chi connectivity index (χ0n) is 17.5. The van der Waals surface area contributed by atoms with Gasteiger partial charge in [-0.2, -0.15) is 13.2 Å². The number of anilines is 2. The quantitative estimate of drug-likeness (QED) is 0.637. The van der Waals surface area contributed by atoms with Crippen LogP contribution >= 0.6 is 0 Å². The molecule has 0 aromatic carbocycles. The zero-order valence-corrected chi connectivity index (χ0v) is 17.5. The highest BCUT2D eigenvalue weighted by Gasteiger charge is 2.31. The van der Waals surface area contributed by atoms with Crippen LogP contribution in [0.2, 0.25) is 0 Å². The summed E-state index contributed by atoms with van der Waals surface area (Å²) in [5, 5.41) is 6.57. The van der Waals surface area contributed by atoms with Crippen molar-refractivity contribution in [3.63, 3.8) is 0 Å². The Morgan fingerprint density at radius 3 is 2.53 bits per heavy atom. The number of hydrogen-bond donors (Lipinski definition) is 2. The van der Waals surface area contributed by atoms with Gasteiger partial charge < -0.3 is 15.5 Å². The fourth-order valence-corrected chi connectivity index (χ4v) is 4.59. The maximum absolute atomic E-state index is 12.7. The topological polar surface area (TPSA) is 83.3 Å². The van der Waals surface area contributed by atoms with Crippen molar-refractivity contribution in [2.75, 3.05) is 36.4 Å². The van der Waals surface area contributed by atoms with Crippen molar-refractivity contribution in [1.29, 1.82) is 0 Å². The average molecular weight is 446 g/mol. The summed E-state index contributed by atoms with van der Waals surface area (Å²) in [7, 11) is 0. The van der Waals surface area contributed by atoms with Gasteiger partial charge >= 0.3 is 6.18 Å². The smallest absolute Gasteiger partial charge is 0.350 e. The number of hydrogen-bond acceptors (Lipinski definition) is 7. The molecule has 3 aromatic heterocycles. The summed E-state index contributed by atoms with van der Waals surface area (Å²) in [6.45, 7) is 3.52. The van der Waals surface area contributed by atoms with Gasteiger partial charge in [0.15, 0.2) is 0 Å². The lowest BCUT2D eigenvalue weighted by Gasteiger charge is -2.33. The molecule has 1 atom stereocenters. The number of fused-ring (bicyclic) bond motifs is 1. The molecule has 8 nitrogen and oxygen atoms in total. The van der Waals surface area contributed by atoms with E-state index >= 15 is 0 Å². The molecule has 0 spiro atoms. The van der Waals surface area contributed by atoms with Crippen LogP contribution < -0.4 is 15.5 Å². The largest absolute Gasteiger partial charge is 0.419 e. The fourth-order valence-electron chi connectivity index (χ4n) is 4.59. The summed E-state index contributed by atoms with van der Waals surface area (Å²) < 4.78 is 40.3. The summed E-state index contributed by atoms with van der Waals surface area (Å²) in [5.41, 5.74) is 1.28. The number of rotatable bonds is 4. The number of nitrogens with one attached hydrogen (secondary N) is 2. The van der Waals surface area contributed by atoms with E-state index in [1.807, 2.05) is 18.6 Å². The molecule has 2 aliphatic heterocycles. The molecule has 5 heterocycles. The number of halogens is 3. The van der Waals surface area contributed by atoms with Crippen molar-refractivity contribution in [3.05, 3.63) is 42.2 Å². The first-order valence-electron chi connectivity index (χ1n) is 10.9. The molecule has 32 heavy (non-hydrogen) atoms. The first-order valence-corrected chi connectivity index (χ1v) is 10.9. The second-order valence-electron chi connectivity index (χ2n) is 8.37. The van der Waals surface area contributed by atoms with Crippen molar-refractivity contribution in [3.8, 4) is 0 Å². The van der Waals surface area contributed by atoms with Gasteiger partial charge in [0.2, 0.25) is 11.9 Å². The lowest BCUT2D eigenvalue weighted by molar-refractivity contribution is -0.138. The van der Waals surface area contributed by atoms with Crippen molar-refractivity contribution in [2.24, 2.45) is 0 Å². The standard InChI is InChI=1S/C21H25F3N8/c22-21(23,24)15-10-27-19(28-11-15)30-16-2-1-8-31(13-16)20-29-12-17-18(26-7-9-32(17)20)14-3-5-25-6-4-14/h7,9-12,14,16,25H,1-6,8,13H2,(H,27,28,30)/t16-/m1/s1. The third-order valence-corrected chi connectivity index (χ3v) is 6.21. The van der Waals surface area contributed by atoms with Gasteiger partial charge in [-0.1, -0.05) is 0 Å². The second kappa shape index (κ2) is 8.53. The number of alkyl halides is 3. The Balaban J connectivity index is 1.32. The van der Waals surface area contributed by atoms with Gasteiger partial charge in [-0.25, -0.2) is 15.0 Å². The number of piperidine rings is 2. The van der Waals surface area contributed by atoms with Crippen LogP contribution in [0.5, 0.6) is 0 Å². The summed E-state index contributed by atoms with van der Waals surface area (Å²) in [4.78, 5) is 19.3. The Morgan fingerprint density at radius 2 is 1.78 bits per heavy atom.